The Balaban J connectivity index is 1.53. The van der Waals surface area contributed by atoms with E-state index in [2.05, 4.69) is 15.3 Å². The number of fused-ring (bicyclic) bond motifs is 3. The first kappa shape index (κ1) is 19.4. The fourth-order valence-electron chi connectivity index (χ4n) is 3.25. The highest BCUT2D eigenvalue weighted by Crippen LogP contribution is 2.39. The molecule has 1 aliphatic rings. The van der Waals surface area contributed by atoms with Crippen LogP contribution in [0.5, 0.6) is 0 Å². The molecule has 3 N–H and O–H groups in total. The van der Waals surface area contributed by atoms with E-state index in [0.29, 0.717) is 16.7 Å². The number of halogens is 2. The molecule has 1 aliphatic carbocycles. The predicted molar refractivity (Wildman–Crippen MR) is 114 cm³/mol. The molecule has 1 amide bonds. The molecular weight excluding hydrogens is 419 g/mol. The van der Waals surface area contributed by atoms with E-state index in [-0.39, 0.29) is 10.9 Å². The molecule has 0 aliphatic heterocycles. The van der Waals surface area contributed by atoms with Crippen molar-refractivity contribution >= 4 is 62.3 Å². The zero-order chi connectivity index (χ0) is 19.8. The average molecular weight is 437 g/mol. The second-order valence-electron chi connectivity index (χ2n) is 6.66. The highest BCUT2D eigenvalue weighted by atomic mass is 35.5. The maximum atomic E-state index is 13.2. The molecule has 1 unspecified atom stereocenters. The van der Waals surface area contributed by atoms with Gasteiger partial charge in [0.2, 0.25) is 5.91 Å². The summed E-state index contributed by atoms with van der Waals surface area (Å²) in [4.78, 5) is 23.8. The predicted octanol–water partition coefficient (Wildman–Crippen LogP) is 5.06. The van der Waals surface area contributed by atoms with E-state index in [4.69, 9.17) is 17.3 Å². The minimum absolute atomic E-state index is 0.150. The van der Waals surface area contributed by atoms with Crippen LogP contribution in [0, 0.1) is 5.82 Å². The number of hydrogen-bond donors (Lipinski definition) is 2. The fourth-order valence-corrected chi connectivity index (χ4v) is 5.57. The Morgan fingerprint density at radius 3 is 2.93 bits per heavy atom. The van der Waals surface area contributed by atoms with Crippen LogP contribution in [-0.4, -0.2) is 21.1 Å². The lowest BCUT2D eigenvalue weighted by Gasteiger charge is -2.13. The number of carbonyl (C=O) groups is 1. The number of nitrogens with one attached hydrogen (secondary N) is 1. The fraction of sp³-hybridized carbons (Fsp3) is 0.316. The van der Waals surface area contributed by atoms with Crippen LogP contribution < -0.4 is 11.1 Å². The summed E-state index contributed by atoms with van der Waals surface area (Å²) >= 11 is 8.87. The summed E-state index contributed by atoms with van der Waals surface area (Å²) in [6, 6.07) is 3.84. The van der Waals surface area contributed by atoms with Crippen LogP contribution in [0.15, 0.2) is 23.4 Å². The van der Waals surface area contributed by atoms with E-state index in [0.717, 1.165) is 35.5 Å². The number of nitrogens with zero attached hydrogens (tertiary/aromatic N) is 2. The van der Waals surface area contributed by atoms with Crippen LogP contribution in [0.3, 0.4) is 0 Å². The highest BCUT2D eigenvalue weighted by molar-refractivity contribution is 8.00. The van der Waals surface area contributed by atoms with Crippen molar-refractivity contribution < 1.29 is 9.18 Å². The molecule has 2 heterocycles. The number of carbonyl (C=O) groups excluding carboxylic acids is 1. The van der Waals surface area contributed by atoms with E-state index < -0.39 is 11.1 Å². The molecule has 4 rings (SSSR count). The van der Waals surface area contributed by atoms with Crippen molar-refractivity contribution in [2.24, 2.45) is 0 Å². The van der Waals surface area contributed by atoms with Gasteiger partial charge in [-0.2, -0.15) is 0 Å². The van der Waals surface area contributed by atoms with Crippen molar-refractivity contribution in [2.45, 2.75) is 43.0 Å². The Labute approximate surface area is 174 Å². The van der Waals surface area contributed by atoms with Crippen molar-refractivity contribution in [1.29, 1.82) is 0 Å². The van der Waals surface area contributed by atoms with Gasteiger partial charge in [-0.3, -0.25) is 4.79 Å². The normalized spacial score (nSPS) is 14.7. The van der Waals surface area contributed by atoms with Crippen LogP contribution >= 0.6 is 34.7 Å². The Kier molecular flexibility index (Phi) is 5.44. The van der Waals surface area contributed by atoms with Gasteiger partial charge in [-0.1, -0.05) is 23.4 Å². The Hall–Kier alpha value is -1.90. The lowest BCUT2D eigenvalue weighted by Crippen LogP contribution is -2.23. The van der Waals surface area contributed by atoms with Crippen LogP contribution in [0.25, 0.3) is 10.2 Å². The number of nitrogen functional groups attached to an aromatic ring is 1. The van der Waals surface area contributed by atoms with E-state index in [1.54, 1.807) is 18.3 Å². The molecule has 1 atom stereocenters. The smallest absolute Gasteiger partial charge is 0.237 e. The molecule has 0 saturated heterocycles. The van der Waals surface area contributed by atoms with Gasteiger partial charge < -0.3 is 11.1 Å². The number of thioether (sulfide) groups is 1. The number of rotatable bonds is 4. The third-order valence-corrected chi connectivity index (χ3v) is 7.12. The van der Waals surface area contributed by atoms with Crippen LogP contribution in [0.4, 0.5) is 15.9 Å². The number of aromatic nitrogens is 2. The lowest BCUT2D eigenvalue weighted by molar-refractivity contribution is -0.115. The van der Waals surface area contributed by atoms with E-state index in [1.165, 1.54) is 40.8 Å². The molecule has 28 heavy (non-hydrogen) atoms. The molecule has 3 aromatic rings. The lowest BCUT2D eigenvalue weighted by atomic mass is 9.97. The van der Waals surface area contributed by atoms with Gasteiger partial charge in [0.25, 0.3) is 0 Å². The van der Waals surface area contributed by atoms with Crippen molar-refractivity contribution in [1.82, 2.24) is 9.97 Å². The van der Waals surface area contributed by atoms with Gasteiger partial charge >= 0.3 is 0 Å². The summed E-state index contributed by atoms with van der Waals surface area (Å²) < 4.78 is 13.2. The Morgan fingerprint density at radius 1 is 1.36 bits per heavy atom. The minimum atomic E-state index is -0.479. The number of thiophene rings is 1. The Bertz CT molecular complexity index is 1070. The molecule has 9 heteroatoms. The zero-order valence-electron chi connectivity index (χ0n) is 15.1. The van der Waals surface area contributed by atoms with Crippen molar-refractivity contribution in [3.63, 3.8) is 0 Å². The molecule has 0 saturated carbocycles. The van der Waals surface area contributed by atoms with Gasteiger partial charge in [0.05, 0.1) is 21.3 Å². The summed E-state index contributed by atoms with van der Waals surface area (Å²) in [5.41, 5.74) is 7.88. The van der Waals surface area contributed by atoms with E-state index >= 15 is 0 Å². The minimum Gasteiger partial charge on any atom is -0.383 e. The summed E-state index contributed by atoms with van der Waals surface area (Å²) in [6.45, 7) is 1.75. The number of hydrogen-bond acceptors (Lipinski definition) is 6. The topological polar surface area (TPSA) is 80.9 Å². The summed E-state index contributed by atoms with van der Waals surface area (Å²) in [5.74, 6) is -0.256. The zero-order valence-corrected chi connectivity index (χ0v) is 17.5. The van der Waals surface area contributed by atoms with Gasteiger partial charge in [0.1, 0.15) is 16.5 Å². The van der Waals surface area contributed by atoms with Crippen LogP contribution in [0.2, 0.25) is 5.02 Å². The number of benzene rings is 1. The third-order valence-electron chi connectivity index (χ3n) is 4.66. The third kappa shape index (κ3) is 3.81. The molecule has 0 radical (unpaired) electrons. The quantitative estimate of drug-likeness (QED) is 0.441. The molecule has 146 valence electrons. The SMILES string of the molecule is CC(Sc1nc(N)c2c3c(sc2n1)CCCC3)C(=O)Nc1ccc(F)cc1Cl. The number of amides is 1. The summed E-state index contributed by atoms with van der Waals surface area (Å²) in [6.07, 6.45) is 4.44. The molecule has 0 spiro atoms. The monoisotopic (exact) mass is 436 g/mol. The largest absolute Gasteiger partial charge is 0.383 e. The van der Waals surface area contributed by atoms with Crippen LogP contribution in [-0.2, 0) is 17.6 Å². The summed E-state index contributed by atoms with van der Waals surface area (Å²) in [5, 5.41) is 3.82. The number of anilines is 2. The van der Waals surface area contributed by atoms with Crippen molar-refractivity contribution in [3.05, 3.63) is 39.5 Å². The first-order valence-corrected chi connectivity index (χ1v) is 11.0. The van der Waals surface area contributed by atoms with E-state index in [1.807, 2.05) is 0 Å². The van der Waals surface area contributed by atoms with Gasteiger partial charge in [-0.25, -0.2) is 14.4 Å². The second kappa shape index (κ2) is 7.85. The Morgan fingerprint density at radius 2 is 2.14 bits per heavy atom. The van der Waals surface area contributed by atoms with Gasteiger partial charge in [-0.05, 0) is 56.4 Å². The first-order valence-electron chi connectivity index (χ1n) is 8.92. The molecular formula is C19H18ClFN4OS2. The summed E-state index contributed by atoms with van der Waals surface area (Å²) in [7, 11) is 0. The maximum Gasteiger partial charge on any atom is 0.237 e. The standard InChI is InChI=1S/C19H18ClFN4OS2/c1-9(17(26)23-13-7-6-10(21)8-12(13)20)27-19-24-16(22)15-11-4-2-3-5-14(11)28-18(15)25-19/h6-9H,2-5H2,1H3,(H,23,26)(H2,22,24,25). The van der Waals surface area contributed by atoms with Gasteiger partial charge in [-0.15, -0.1) is 11.3 Å². The number of aryl methyl sites for hydroxylation is 2. The van der Waals surface area contributed by atoms with E-state index in [9.17, 15) is 9.18 Å². The van der Waals surface area contributed by atoms with Gasteiger partial charge in [0, 0.05) is 4.88 Å². The van der Waals surface area contributed by atoms with Crippen LogP contribution in [0.1, 0.15) is 30.2 Å². The molecule has 0 bridgehead atoms. The van der Waals surface area contributed by atoms with Crippen molar-refractivity contribution in [2.75, 3.05) is 11.1 Å². The average Bonchev–Trinajstić information content (AvgIpc) is 3.02. The number of nitrogens with two attached hydrogens (primary N) is 1. The first-order chi connectivity index (χ1) is 13.4. The highest BCUT2D eigenvalue weighted by Gasteiger charge is 2.22. The molecule has 5 nitrogen and oxygen atoms in total. The molecule has 0 fully saturated rings. The van der Waals surface area contributed by atoms with Crippen molar-refractivity contribution in [3.8, 4) is 0 Å². The molecule has 2 aromatic heterocycles. The van der Waals surface area contributed by atoms with Gasteiger partial charge in [0.15, 0.2) is 5.16 Å². The molecule has 1 aromatic carbocycles. The second-order valence-corrected chi connectivity index (χ2v) is 9.45. The maximum absolute atomic E-state index is 13.2.